The molecular weight excluding hydrogens is 415 g/mol. The Morgan fingerprint density at radius 3 is 2.66 bits per heavy atom. The maximum absolute atomic E-state index is 13.0. The molecule has 1 amide bonds. The van der Waals surface area contributed by atoms with Gasteiger partial charge in [-0.3, -0.25) is 9.69 Å². The van der Waals surface area contributed by atoms with Crippen LogP contribution >= 0.6 is 11.3 Å². The Morgan fingerprint density at radius 1 is 1.28 bits per heavy atom. The van der Waals surface area contributed by atoms with Crippen LogP contribution in [-0.2, 0) is 21.2 Å². The van der Waals surface area contributed by atoms with Crippen molar-refractivity contribution in [2.45, 2.75) is 19.0 Å². The summed E-state index contributed by atoms with van der Waals surface area (Å²) in [5.74, 6) is 0.320. The number of carbonyl (C=O) groups excluding carboxylic acids is 1. The van der Waals surface area contributed by atoms with E-state index >= 15 is 0 Å². The number of benzene rings is 1. The van der Waals surface area contributed by atoms with Gasteiger partial charge < -0.3 is 9.64 Å². The Morgan fingerprint density at radius 2 is 2.03 bits per heavy atom. The predicted molar refractivity (Wildman–Crippen MR) is 111 cm³/mol. The van der Waals surface area contributed by atoms with E-state index in [1.807, 2.05) is 29.5 Å². The molecule has 9 heteroatoms. The molecule has 6 nitrogen and oxygen atoms in total. The summed E-state index contributed by atoms with van der Waals surface area (Å²) in [5, 5.41) is 1.95. The van der Waals surface area contributed by atoms with Crippen LogP contribution < -0.4 is 4.74 Å². The first-order chi connectivity index (χ1) is 13.8. The molecular formula is C20H25FN2O4S2. The fourth-order valence-corrected chi connectivity index (χ4v) is 5.70. The monoisotopic (exact) mass is 440 g/mol. The number of hydrogen-bond acceptors (Lipinski definition) is 6. The summed E-state index contributed by atoms with van der Waals surface area (Å²) in [6.07, 6.45) is 0.483. The molecule has 1 saturated heterocycles. The second-order valence-corrected chi connectivity index (χ2v) is 10.5. The van der Waals surface area contributed by atoms with E-state index in [-0.39, 0.29) is 35.8 Å². The summed E-state index contributed by atoms with van der Waals surface area (Å²) in [5.41, 5.74) is 0. The normalized spacial score (nSPS) is 18.1. The Kier molecular flexibility index (Phi) is 7.26. The highest BCUT2D eigenvalue weighted by Crippen LogP contribution is 2.22. The quantitative estimate of drug-likeness (QED) is 0.599. The smallest absolute Gasteiger partial charge is 0.237 e. The third-order valence-electron chi connectivity index (χ3n) is 4.84. The van der Waals surface area contributed by atoms with Crippen molar-refractivity contribution in [3.05, 3.63) is 52.5 Å². The largest absolute Gasteiger partial charge is 0.492 e. The van der Waals surface area contributed by atoms with E-state index in [2.05, 4.69) is 0 Å². The number of rotatable bonds is 9. The van der Waals surface area contributed by atoms with E-state index in [9.17, 15) is 17.6 Å². The summed E-state index contributed by atoms with van der Waals surface area (Å²) in [7, 11) is -1.26. The van der Waals surface area contributed by atoms with Crippen molar-refractivity contribution >= 4 is 27.1 Å². The standard InChI is InChI=1S/C20H25FN2O4S2/c1-22(9-10-27-18-6-4-16(21)5-7-18)14-20(24)23(13-19-3-2-11-28-19)17-8-12-29(25,26)15-17/h2-7,11,17H,8-10,12-15H2,1H3. The summed E-state index contributed by atoms with van der Waals surface area (Å²) in [4.78, 5) is 17.5. The number of carbonyl (C=O) groups is 1. The van der Waals surface area contributed by atoms with Crippen molar-refractivity contribution in [3.63, 3.8) is 0 Å². The van der Waals surface area contributed by atoms with Gasteiger partial charge in [0.05, 0.1) is 24.6 Å². The van der Waals surface area contributed by atoms with Crippen LogP contribution in [0.4, 0.5) is 4.39 Å². The molecule has 29 heavy (non-hydrogen) atoms. The number of ether oxygens (including phenoxy) is 1. The Balaban J connectivity index is 1.54. The molecule has 2 heterocycles. The zero-order valence-electron chi connectivity index (χ0n) is 16.3. The van der Waals surface area contributed by atoms with Crippen LogP contribution in [0.5, 0.6) is 5.75 Å². The van der Waals surface area contributed by atoms with Gasteiger partial charge in [0.25, 0.3) is 0 Å². The summed E-state index contributed by atoms with van der Waals surface area (Å²) < 4.78 is 42.3. The fraction of sp³-hybridized carbons (Fsp3) is 0.450. The van der Waals surface area contributed by atoms with Gasteiger partial charge in [-0.15, -0.1) is 11.3 Å². The van der Waals surface area contributed by atoms with Gasteiger partial charge in [0.15, 0.2) is 9.84 Å². The molecule has 0 N–H and O–H groups in total. The molecule has 158 valence electrons. The van der Waals surface area contributed by atoms with Crippen molar-refractivity contribution in [2.75, 3.05) is 38.2 Å². The lowest BCUT2D eigenvalue weighted by Crippen LogP contribution is -2.45. The molecule has 0 bridgehead atoms. The van der Waals surface area contributed by atoms with Crippen LogP contribution in [0.15, 0.2) is 41.8 Å². The van der Waals surface area contributed by atoms with E-state index in [1.165, 1.54) is 12.1 Å². The van der Waals surface area contributed by atoms with Gasteiger partial charge in [-0.1, -0.05) is 6.07 Å². The van der Waals surface area contributed by atoms with Crippen LogP contribution in [-0.4, -0.2) is 68.4 Å². The molecule has 0 aliphatic carbocycles. The SMILES string of the molecule is CN(CCOc1ccc(F)cc1)CC(=O)N(Cc1cccs1)C1CCS(=O)(=O)C1. The minimum atomic E-state index is -3.08. The van der Waals surface area contributed by atoms with Crippen LogP contribution in [0.3, 0.4) is 0 Å². The lowest BCUT2D eigenvalue weighted by molar-refractivity contribution is -0.134. The van der Waals surface area contributed by atoms with Gasteiger partial charge >= 0.3 is 0 Å². The molecule has 1 aliphatic heterocycles. The van der Waals surface area contributed by atoms with Crippen LogP contribution in [0.1, 0.15) is 11.3 Å². The number of amides is 1. The lowest BCUT2D eigenvalue weighted by Gasteiger charge is -2.30. The minimum Gasteiger partial charge on any atom is -0.492 e. The zero-order chi connectivity index (χ0) is 20.9. The third-order valence-corrected chi connectivity index (χ3v) is 7.45. The Labute approximate surface area is 174 Å². The third kappa shape index (κ3) is 6.52. The number of hydrogen-bond donors (Lipinski definition) is 0. The highest BCUT2D eigenvalue weighted by Gasteiger charge is 2.35. The van der Waals surface area contributed by atoms with E-state index in [1.54, 1.807) is 28.4 Å². The number of thiophene rings is 1. The molecule has 1 atom stereocenters. The van der Waals surface area contributed by atoms with E-state index < -0.39 is 9.84 Å². The molecule has 1 aromatic carbocycles. The van der Waals surface area contributed by atoms with Crippen LogP contribution in [0.25, 0.3) is 0 Å². The van der Waals surface area contributed by atoms with Crippen molar-refractivity contribution in [1.29, 1.82) is 0 Å². The number of sulfone groups is 1. The van der Waals surface area contributed by atoms with Crippen molar-refractivity contribution < 1.29 is 22.3 Å². The highest BCUT2D eigenvalue weighted by atomic mass is 32.2. The molecule has 1 aromatic heterocycles. The Hall–Kier alpha value is -1.97. The van der Waals surface area contributed by atoms with E-state index in [4.69, 9.17) is 4.74 Å². The Bertz CT molecular complexity index is 901. The first kappa shape index (κ1) is 21.7. The lowest BCUT2D eigenvalue weighted by atomic mass is 10.2. The number of nitrogens with zero attached hydrogens (tertiary/aromatic N) is 2. The summed E-state index contributed by atoms with van der Waals surface area (Å²) >= 11 is 1.56. The molecule has 0 spiro atoms. The van der Waals surface area contributed by atoms with Gasteiger partial charge in [-0.2, -0.15) is 0 Å². The predicted octanol–water partition coefficient (Wildman–Crippen LogP) is 2.41. The number of likely N-dealkylation sites (N-methyl/N-ethyl adjacent to an activating group) is 1. The molecule has 3 rings (SSSR count). The van der Waals surface area contributed by atoms with Crippen LogP contribution in [0, 0.1) is 5.82 Å². The zero-order valence-corrected chi connectivity index (χ0v) is 17.9. The van der Waals surface area contributed by atoms with E-state index in [0.29, 0.717) is 31.9 Å². The maximum atomic E-state index is 13.0. The minimum absolute atomic E-state index is 0.0293. The van der Waals surface area contributed by atoms with E-state index in [0.717, 1.165) is 4.88 Å². The second kappa shape index (κ2) is 9.69. The molecule has 2 aromatic rings. The number of halogens is 1. The van der Waals surface area contributed by atoms with Crippen molar-refractivity contribution in [1.82, 2.24) is 9.80 Å². The molecule has 1 fully saturated rings. The average Bonchev–Trinajstić information content (AvgIpc) is 3.30. The van der Waals surface area contributed by atoms with Crippen molar-refractivity contribution in [2.24, 2.45) is 0 Å². The van der Waals surface area contributed by atoms with Gasteiger partial charge in [-0.05, 0) is 49.2 Å². The first-order valence-corrected chi connectivity index (χ1v) is 12.1. The molecule has 1 aliphatic rings. The summed E-state index contributed by atoms with van der Waals surface area (Å²) in [6, 6.07) is 9.38. The van der Waals surface area contributed by atoms with Gasteiger partial charge in [0.1, 0.15) is 18.2 Å². The van der Waals surface area contributed by atoms with Crippen molar-refractivity contribution in [3.8, 4) is 5.75 Å². The maximum Gasteiger partial charge on any atom is 0.237 e. The van der Waals surface area contributed by atoms with Gasteiger partial charge in [0, 0.05) is 17.5 Å². The van der Waals surface area contributed by atoms with Gasteiger partial charge in [-0.25, -0.2) is 12.8 Å². The summed E-state index contributed by atoms with van der Waals surface area (Å²) in [6.45, 7) is 1.47. The topological polar surface area (TPSA) is 66.9 Å². The molecule has 0 radical (unpaired) electrons. The highest BCUT2D eigenvalue weighted by molar-refractivity contribution is 7.91. The fourth-order valence-electron chi connectivity index (χ4n) is 3.26. The average molecular weight is 441 g/mol. The first-order valence-electron chi connectivity index (χ1n) is 9.41. The molecule has 1 unspecified atom stereocenters. The van der Waals surface area contributed by atoms with Gasteiger partial charge in [0.2, 0.25) is 5.91 Å². The second-order valence-electron chi connectivity index (χ2n) is 7.20. The van der Waals surface area contributed by atoms with Crippen LogP contribution in [0.2, 0.25) is 0 Å². The molecule has 0 saturated carbocycles.